The van der Waals surface area contributed by atoms with Gasteiger partial charge in [0.1, 0.15) is 0 Å². The van der Waals surface area contributed by atoms with Crippen LogP contribution in [0.2, 0.25) is 0 Å². The fourth-order valence-corrected chi connectivity index (χ4v) is 2.37. The van der Waals surface area contributed by atoms with Crippen molar-refractivity contribution >= 4 is 11.9 Å². The molecule has 108 valence electrons. The summed E-state index contributed by atoms with van der Waals surface area (Å²) < 4.78 is 39.1. The highest BCUT2D eigenvalue weighted by atomic mass is 19.4. The third-order valence-electron chi connectivity index (χ3n) is 3.40. The molecule has 0 amide bonds. The first-order valence-corrected chi connectivity index (χ1v) is 6.33. The van der Waals surface area contributed by atoms with Gasteiger partial charge in [0.15, 0.2) is 0 Å². The first-order valence-electron chi connectivity index (χ1n) is 6.33. The molecule has 2 heterocycles. The van der Waals surface area contributed by atoms with Crippen molar-refractivity contribution in [3.05, 3.63) is 46.6 Å². The number of aliphatic imine (C=N–C) groups is 1. The number of fused-ring (bicyclic) bond motifs is 1. The molecular weight excluding hydrogens is 279 g/mol. The zero-order valence-corrected chi connectivity index (χ0v) is 11.2. The third kappa shape index (κ3) is 2.37. The van der Waals surface area contributed by atoms with Crippen LogP contribution in [-0.2, 0) is 12.7 Å². The molecule has 2 N–H and O–H groups in total. The summed E-state index contributed by atoms with van der Waals surface area (Å²) in [7, 11) is 0. The number of hydrogen-bond acceptors (Lipinski definition) is 3. The van der Waals surface area contributed by atoms with E-state index in [1.807, 2.05) is 0 Å². The van der Waals surface area contributed by atoms with Gasteiger partial charge in [0.05, 0.1) is 23.5 Å². The number of pyridine rings is 1. The molecule has 3 nitrogen and oxygen atoms in total. The van der Waals surface area contributed by atoms with Crippen molar-refractivity contribution in [1.82, 2.24) is 4.98 Å². The summed E-state index contributed by atoms with van der Waals surface area (Å²) in [6.07, 6.45) is -2.83. The molecule has 0 spiro atoms. The number of nitrogens with two attached hydrogens (primary N) is 1. The Kier molecular flexibility index (Phi) is 2.97. The van der Waals surface area contributed by atoms with E-state index in [1.165, 1.54) is 0 Å². The van der Waals surface area contributed by atoms with Gasteiger partial charge >= 0.3 is 6.18 Å². The molecule has 0 saturated heterocycles. The van der Waals surface area contributed by atoms with Gasteiger partial charge in [-0.3, -0.25) is 9.98 Å². The Morgan fingerprint density at radius 1 is 1.19 bits per heavy atom. The standard InChI is InChI=1S/C15H12F3N3/c1-8-2-3-13(19)14(21-8)11-5-10(15(16,17)18)4-9-6-20-7-12(9)11/h2-5,7H,6,19H2,1H3. The maximum Gasteiger partial charge on any atom is 0.416 e. The van der Waals surface area contributed by atoms with Gasteiger partial charge in [0, 0.05) is 23.0 Å². The highest BCUT2D eigenvalue weighted by Crippen LogP contribution is 2.37. The number of nitrogens with zero attached hydrogens (tertiary/aromatic N) is 2. The van der Waals surface area contributed by atoms with Crippen LogP contribution in [0.5, 0.6) is 0 Å². The van der Waals surface area contributed by atoms with E-state index in [0.717, 1.165) is 12.1 Å². The van der Waals surface area contributed by atoms with E-state index < -0.39 is 11.7 Å². The number of anilines is 1. The van der Waals surface area contributed by atoms with E-state index >= 15 is 0 Å². The van der Waals surface area contributed by atoms with Gasteiger partial charge in [-0.2, -0.15) is 13.2 Å². The van der Waals surface area contributed by atoms with Crippen molar-refractivity contribution in [1.29, 1.82) is 0 Å². The molecule has 0 fully saturated rings. The lowest BCUT2D eigenvalue weighted by Gasteiger charge is -2.14. The molecule has 2 aromatic rings. The van der Waals surface area contributed by atoms with Crippen molar-refractivity contribution in [2.24, 2.45) is 4.99 Å². The van der Waals surface area contributed by atoms with Crippen molar-refractivity contribution in [3.63, 3.8) is 0 Å². The summed E-state index contributed by atoms with van der Waals surface area (Å²) in [5.74, 6) is 0. The van der Waals surface area contributed by atoms with Crippen molar-refractivity contribution < 1.29 is 13.2 Å². The average molecular weight is 291 g/mol. The second-order valence-electron chi connectivity index (χ2n) is 4.95. The SMILES string of the molecule is Cc1ccc(N)c(-c2cc(C(F)(F)F)cc3c2C=NC3)n1. The number of hydrogen-bond donors (Lipinski definition) is 1. The molecule has 0 bridgehead atoms. The Labute approximate surface area is 119 Å². The van der Waals surface area contributed by atoms with E-state index in [-0.39, 0.29) is 6.54 Å². The molecule has 0 radical (unpaired) electrons. The number of rotatable bonds is 1. The minimum Gasteiger partial charge on any atom is -0.397 e. The van der Waals surface area contributed by atoms with Crippen molar-refractivity contribution in [2.45, 2.75) is 19.6 Å². The first kappa shape index (κ1) is 13.6. The number of alkyl halides is 3. The van der Waals surface area contributed by atoms with Gasteiger partial charge in [0.2, 0.25) is 0 Å². The Bertz CT molecular complexity index is 749. The first-order chi connectivity index (χ1) is 9.86. The summed E-state index contributed by atoms with van der Waals surface area (Å²) in [6.45, 7) is 2.02. The highest BCUT2D eigenvalue weighted by molar-refractivity contribution is 5.95. The maximum atomic E-state index is 13.0. The Balaban J connectivity index is 2.29. The van der Waals surface area contributed by atoms with Gasteiger partial charge in [0.25, 0.3) is 0 Å². The number of aromatic nitrogens is 1. The lowest BCUT2D eigenvalue weighted by molar-refractivity contribution is -0.137. The maximum absolute atomic E-state index is 13.0. The molecule has 0 aliphatic carbocycles. The lowest BCUT2D eigenvalue weighted by atomic mass is 9.96. The van der Waals surface area contributed by atoms with Crippen LogP contribution in [0.3, 0.4) is 0 Å². The van der Waals surface area contributed by atoms with Crippen LogP contribution in [0, 0.1) is 6.92 Å². The topological polar surface area (TPSA) is 51.3 Å². The van der Waals surface area contributed by atoms with Gasteiger partial charge in [-0.25, -0.2) is 0 Å². The van der Waals surface area contributed by atoms with Crippen LogP contribution in [0.25, 0.3) is 11.3 Å². The molecule has 3 rings (SSSR count). The van der Waals surface area contributed by atoms with Crippen LogP contribution in [-0.4, -0.2) is 11.2 Å². The Morgan fingerprint density at radius 2 is 1.95 bits per heavy atom. The quantitative estimate of drug-likeness (QED) is 0.873. The molecule has 1 aliphatic heterocycles. The van der Waals surface area contributed by atoms with Gasteiger partial charge in [-0.15, -0.1) is 0 Å². The molecule has 1 aliphatic rings. The fourth-order valence-electron chi connectivity index (χ4n) is 2.37. The summed E-state index contributed by atoms with van der Waals surface area (Å²) in [5, 5.41) is 0. The number of nitrogen functional groups attached to an aromatic ring is 1. The third-order valence-corrected chi connectivity index (χ3v) is 3.40. The van der Waals surface area contributed by atoms with Crippen LogP contribution in [0.4, 0.5) is 18.9 Å². The predicted octanol–water partition coefficient (Wildman–Crippen LogP) is 3.59. The van der Waals surface area contributed by atoms with E-state index in [4.69, 9.17) is 5.73 Å². The number of aryl methyl sites for hydroxylation is 1. The molecule has 6 heteroatoms. The average Bonchev–Trinajstić information content (AvgIpc) is 2.87. The van der Waals surface area contributed by atoms with Crippen LogP contribution < -0.4 is 5.73 Å². The largest absolute Gasteiger partial charge is 0.416 e. The van der Waals surface area contributed by atoms with E-state index in [1.54, 1.807) is 25.3 Å². The lowest BCUT2D eigenvalue weighted by Crippen LogP contribution is -2.08. The monoisotopic (exact) mass is 291 g/mol. The van der Waals surface area contributed by atoms with Crippen LogP contribution in [0.15, 0.2) is 29.3 Å². The second kappa shape index (κ2) is 4.58. The Hall–Kier alpha value is -2.37. The molecule has 0 unspecified atom stereocenters. The fraction of sp³-hybridized carbons (Fsp3) is 0.200. The summed E-state index contributed by atoms with van der Waals surface area (Å²) in [6, 6.07) is 5.60. The molecule has 1 aromatic heterocycles. The molecule has 1 aromatic carbocycles. The highest BCUT2D eigenvalue weighted by Gasteiger charge is 2.33. The molecule has 0 saturated carbocycles. The smallest absolute Gasteiger partial charge is 0.397 e. The minimum absolute atomic E-state index is 0.248. The summed E-state index contributed by atoms with van der Waals surface area (Å²) in [4.78, 5) is 8.34. The van der Waals surface area contributed by atoms with Crippen LogP contribution in [0.1, 0.15) is 22.4 Å². The normalized spacial score (nSPS) is 13.5. The summed E-state index contributed by atoms with van der Waals surface area (Å²) in [5.41, 5.74) is 8.17. The second-order valence-corrected chi connectivity index (χ2v) is 4.95. The Morgan fingerprint density at radius 3 is 2.67 bits per heavy atom. The number of benzene rings is 1. The molecule has 0 atom stereocenters. The molecular formula is C15H12F3N3. The van der Waals surface area contributed by atoms with E-state index in [9.17, 15) is 13.2 Å². The minimum atomic E-state index is -4.41. The number of halogens is 3. The van der Waals surface area contributed by atoms with E-state index in [0.29, 0.717) is 33.8 Å². The van der Waals surface area contributed by atoms with E-state index in [2.05, 4.69) is 9.98 Å². The van der Waals surface area contributed by atoms with Crippen molar-refractivity contribution in [2.75, 3.05) is 5.73 Å². The van der Waals surface area contributed by atoms with Crippen LogP contribution >= 0.6 is 0 Å². The summed E-state index contributed by atoms with van der Waals surface area (Å²) >= 11 is 0. The molecule has 21 heavy (non-hydrogen) atoms. The zero-order valence-electron chi connectivity index (χ0n) is 11.2. The zero-order chi connectivity index (χ0) is 15.2. The predicted molar refractivity (Wildman–Crippen MR) is 75.1 cm³/mol. The van der Waals surface area contributed by atoms with Gasteiger partial charge in [-0.1, -0.05) is 0 Å². The van der Waals surface area contributed by atoms with Gasteiger partial charge in [-0.05, 0) is 36.8 Å². The van der Waals surface area contributed by atoms with Gasteiger partial charge < -0.3 is 5.73 Å². The van der Waals surface area contributed by atoms with Crippen molar-refractivity contribution in [3.8, 4) is 11.3 Å².